The number of aromatic nitrogens is 2. The molecule has 142 valence electrons. The van der Waals surface area contributed by atoms with E-state index in [0.717, 1.165) is 0 Å². The average Bonchev–Trinajstić information content (AvgIpc) is 2.73. The van der Waals surface area contributed by atoms with Crippen molar-refractivity contribution in [2.45, 2.75) is 0 Å². The normalized spacial score (nSPS) is 11.2. The number of nitro benzene ring substituents is 1. The van der Waals surface area contributed by atoms with Gasteiger partial charge in [0.1, 0.15) is 5.82 Å². The molecule has 0 unspecified atom stereocenters. The van der Waals surface area contributed by atoms with Gasteiger partial charge >= 0.3 is 0 Å². The number of fused-ring (bicyclic) bond motifs is 1. The van der Waals surface area contributed by atoms with Crippen molar-refractivity contribution in [1.29, 1.82) is 0 Å². The van der Waals surface area contributed by atoms with Gasteiger partial charge in [-0.1, -0.05) is 48.0 Å². The van der Waals surface area contributed by atoms with Gasteiger partial charge in [-0.2, -0.15) is 0 Å². The van der Waals surface area contributed by atoms with Crippen LogP contribution in [0.3, 0.4) is 0 Å². The van der Waals surface area contributed by atoms with E-state index in [2.05, 4.69) is 4.98 Å². The number of hydrogen-bond donors (Lipinski definition) is 0. The van der Waals surface area contributed by atoms with Crippen LogP contribution in [-0.4, -0.2) is 14.5 Å². The van der Waals surface area contributed by atoms with Crippen molar-refractivity contribution in [2.24, 2.45) is 0 Å². The summed E-state index contributed by atoms with van der Waals surface area (Å²) >= 11 is 6.34. The van der Waals surface area contributed by atoms with Crippen LogP contribution in [-0.2, 0) is 0 Å². The van der Waals surface area contributed by atoms with E-state index in [0.29, 0.717) is 33.0 Å². The highest BCUT2D eigenvalue weighted by molar-refractivity contribution is 6.32. The molecule has 0 saturated carbocycles. The van der Waals surface area contributed by atoms with Crippen molar-refractivity contribution in [3.05, 3.63) is 110 Å². The predicted molar refractivity (Wildman–Crippen MR) is 114 cm³/mol. The summed E-state index contributed by atoms with van der Waals surface area (Å²) in [4.78, 5) is 28.6. The predicted octanol–water partition coefficient (Wildman–Crippen LogP) is 5.12. The van der Waals surface area contributed by atoms with Crippen LogP contribution in [0.1, 0.15) is 11.4 Å². The molecule has 29 heavy (non-hydrogen) atoms. The Morgan fingerprint density at radius 1 is 0.931 bits per heavy atom. The summed E-state index contributed by atoms with van der Waals surface area (Å²) < 4.78 is 1.41. The smallest absolute Gasteiger partial charge is 0.268 e. The summed E-state index contributed by atoms with van der Waals surface area (Å²) in [5.74, 6) is 0.319. The summed E-state index contributed by atoms with van der Waals surface area (Å²) in [6.45, 7) is 0. The maximum Gasteiger partial charge on any atom is 0.276 e. The average molecular weight is 404 g/mol. The van der Waals surface area contributed by atoms with Gasteiger partial charge in [0.25, 0.3) is 11.2 Å². The van der Waals surface area contributed by atoms with Gasteiger partial charge < -0.3 is 0 Å². The first-order valence-electron chi connectivity index (χ1n) is 8.74. The van der Waals surface area contributed by atoms with Crippen LogP contribution >= 0.6 is 11.6 Å². The largest absolute Gasteiger partial charge is 0.276 e. The Hall–Kier alpha value is -3.77. The molecule has 0 fully saturated rings. The molecule has 0 aliphatic carbocycles. The van der Waals surface area contributed by atoms with Crippen molar-refractivity contribution in [3.63, 3.8) is 0 Å². The number of halogens is 1. The summed E-state index contributed by atoms with van der Waals surface area (Å²) in [7, 11) is 0. The fourth-order valence-electron chi connectivity index (χ4n) is 3.09. The summed E-state index contributed by atoms with van der Waals surface area (Å²) in [6.07, 6.45) is 3.15. The number of para-hydroxylation sites is 3. The van der Waals surface area contributed by atoms with Crippen molar-refractivity contribution >= 4 is 40.3 Å². The van der Waals surface area contributed by atoms with Crippen molar-refractivity contribution in [1.82, 2.24) is 9.55 Å². The van der Waals surface area contributed by atoms with Gasteiger partial charge in [0, 0.05) is 6.07 Å². The number of hydrogen-bond acceptors (Lipinski definition) is 4. The van der Waals surface area contributed by atoms with Crippen LogP contribution in [0.25, 0.3) is 28.7 Å². The van der Waals surface area contributed by atoms with Crippen LogP contribution in [0.2, 0.25) is 5.02 Å². The van der Waals surface area contributed by atoms with E-state index >= 15 is 0 Å². The molecular weight excluding hydrogens is 390 g/mol. The molecule has 1 aromatic heterocycles. The van der Waals surface area contributed by atoms with E-state index in [1.54, 1.807) is 78.9 Å². The molecule has 0 spiro atoms. The van der Waals surface area contributed by atoms with E-state index in [1.165, 1.54) is 10.6 Å². The lowest BCUT2D eigenvalue weighted by Gasteiger charge is -2.12. The molecule has 0 radical (unpaired) electrons. The molecule has 1 heterocycles. The zero-order valence-electron chi connectivity index (χ0n) is 15.0. The second-order valence-corrected chi connectivity index (χ2v) is 6.64. The minimum atomic E-state index is -0.450. The molecule has 3 aromatic carbocycles. The maximum atomic E-state index is 13.2. The van der Waals surface area contributed by atoms with Crippen molar-refractivity contribution in [2.75, 3.05) is 0 Å². The SMILES string of the molecule is O=c1c2ccccc2nc(C=Cc2ccccc2[N+](=O)[O-])n1-c1ccccc1Cl. The van der Waals surface area contributed by atoms with Gasteiger partial charge in [-0.05, 0) is 42.5 Å². The Bertz CT molecular complexity index is 1330. The Labute approximate surface area is 170 Å². The minimum Gasteiger partial charge on any atom is -0.268 e. The lowest BCUT2D eigenvalue weighted by Crippen LogP contribution is -2.22. The first-order chi connectivity index (χ1) is 14.1. The van der Waals surface area contributed by atoms with E-state index in [-0.39, 0.29) is 11.2 Å². The van der Waals surface area contributed by atoms with Crippen LogP contribution < -0.4 is 5.56 Å². The second-order valence-electron chi connectivity index (χ2n) is 6.23. The fourth-order valence-corrected chi connectivity index (χ4v) is 3.31. The van der Waals surface area contributed by atoms with Crippen molar-refractivity contribution < 1.29 is 4.92 Å². The standard InChI is InChI=1S/C22H14ClN3O3/c23-17-9-3-6-12-20(17)25-21(24-18-10-4-2-8-16(18)22(25)27)14-13-15-7-1-5-11-19(15)26(28)29/h1-14H. The molecule has 0 aliphatic rings. The van der Waals surface area contributed by atoms with Crippen LogP contribution in [0, 0.1) is 10.1 Å². The highest BCUT2D eigenvalue weighted by Gasteiger charge is 2.14. The van der Waals surface area contributed by atoms with Crippen LogP contribution in [0.5, 0.6) is 0 Å². The van der Waals surface area contributed by atoms with E-state index in [1.807, 2.05) is 0 Å². The molecule has 6 nitrogen and oxygen atoms in total. The number of nitro groups is 1. The Balaban J connectivity index is 1.97. The van der Waals surface area contributed by atoms with Gasteiger partial charge in [0.05, 0.1) is 32.1 Å². The molecule has 7 heteroatoms. The quantitative estimate of drug-likeness (QED) is 0.350. The molecule has 0 N–H and O–H groups in total. The third-order valence-electron chi connectivity index (χ3n) is 4.44. The second kappa shape index (κ2) is 7.69. The minimum absolute atomic E-state index is 0.0313. The Morgan fingerprint density at radius 3 is 2.41 bits per heavy atom. The topological polar surface area (TPSA) is 78.0 Å². The number of rotatable bonds is 4. The van der Waals surface area contributed by atoms with E-state index in [4.69, 9.17) is 11.6 Å². The zero-order chi connectivity index (χ0) is 20.4. The number of nitrogens with zero attached hydrogens (tertiary/aromatic N) is 3. The molecule has 4 aromatic rings. The van der Waals surface area contributed by atoms with Gasteiger partial charge in [-0.3, -0.25) is 19.5 Å². The summed E-state index contributed by atoms with van der Waals surface area (Å²) in [6, 6.07) is 20.3. The van der Waals surface area contributed by atoms with Gasteiger partial charge in [0.15, 0.2) is 0 Å². The van der Waals surface area contributed by atoms with Crippen LogP contribution in [0.15, 0.2) is 77.6 Å². The molecule has 0 aliphatic heterocycles. The monoisotopic (exact) mass is 403 g/mol. The zero-order valence-corrected chi connectivity index (χ0v) is 15.8. The first-order valence-corrected chi connectivity index (χ1v) is 9.12. The molecule has 0 amide bonds. The molecular formula is C22H14ClN3O3. The third-order valence-corrected chi connectivity index (χ3v) is 4.76. The Kier molecular flexibility index (Phi) is 4.93. The van der Waals surface area contributed by atoms with E-state index < -0.39 is 4.92 Å². The van der Waals surface area contributed by atoms with Gasteiger partial charge in [-0.15, -0.1) is 0 Å². The maximum absolute atomic E-state index is 13.2. The summed E-state index contributed by atoms with van der Waals surface area (Å²) in [5.41, 5.74) is 1.12. The molecule has 0 bridgehead atoms. The highest BCUT2D eigenvalue weighted by atomic mass is 35.5. The molecule has 4 rings (SSSR count). The molecule has 0 atom stereocenters. The molecule has 0 saturated heterocycles. The highest BCUT2D eigenvalue weighted by Crippen LogP contribution is 2.23. The van der Waals surface area contributed by atoms with Crippen molar-refractivity contribution in [3.8, 4) is 5.69 Å². The lowest BCUT2D eigenvalue weighted by molar-refractivity contribution is -0.385. The van der Waals surface area contributed by atoms with Crippen LogP contribution in [0.4, 0.5) is 5.69 Å². The summed E-state index contributed by atoms with van der Waals surface area (Å²) in [5, 5.41) is 12.1. The third kappa shape index (κ3) is 3.53. The first kappa shape index (κ1) is 18.6. The van der Waals surface area contributed by atoms with Gasteiger partial charge in [0.2, 0.25) is 0 Å². The lowest BCUT2D eigenvalue weighted by atomic mass is 10.1. The fraction of sp³-hybridized carbons (Fsp3) is 0. The van der Waals surface area contributed by atoms with Gasteiger partial charge in [-0.25, -0.2) is 4.98 Å². The Morgan fingerprint density at radius 2 is 1.62 bits per heavy atom. The number of benzene rings is 3. The van der Waals surface area contributed by atoms with E-state index in [9.17, 15) is 14.9 Å².